The molecule has 28 heavy (non-hydrogen) atoms. The van der Waals surface area contributed by atoms with E-state index >= 15 is 0 Å². The second kappa shape index (κ2) is 11.3. The van der Waals surface area contributed by atoms with Gasteiger partial charge in [-0.25, -0.2) is 4.99 Å². The normalized spacial score (nSPS) is 13.4. The van der Waals surface area contributed by atoms with Gasteiger partial charge in [0.1, 0.15) is 18.0 Å². The van der Waals surface area contributed by atoms with Gasteiger partial charge in [0.05, 0.1) is 19.3 Å². The first-order valence-corrected chi connectivity index (χ1v) is 9.25. The summed E-state index contributed by atoms with van der Waals surface area (Å²) in [5.41, 5.74) is 2.03. The molecule has 0 aliphatic heterocycles. The number of aliphatic hydroxyl groups is 1. The van der Waals surface area contributed by atoms with Crippen LogP contribution in [0.1, 0.15) is 30.5 Å². The Bertz CT molecular complexity index is 753. The van der Waals surface area contributed by atoms with Gasteiger partial charge in [0.2, 0.25) is 0 Å². The lowest BCUT2D eigenvalue weighted by molar-refractivity contribution is 0.0672. The van der Waals surface area contributed by atoms with Crippen LogP contribution in [0.5, 0.6) is 5.75 Å². The van der Waals surface area contributed by atoms with Crippen LogP contribution in [0.3, 0.4) is 0 Å². The van der Waals surface area contributed by atoms with Crippen molar-refractivity contribution in [2.75, 3.05) is 26.2 Å². The Hall–Kier alpha value is -1.81. The molecule has 0 radical (unpaired) electrons. The fourth-order valence-electron chi connectivity index (χ4n) is 2.72. The molecule has 3 N–H and O–H groups in total. The Morgan fingerprint density at radius 1 is 1.25 bits per heavy atom. The van der Waals surface area contributed by atoms with Crippen LogP contribution in [0.15, 0.2) is 35.6 Å². The van der Waals surface area contributed by atoms with Crippen LogP contribution in [0, 0.1) is 13.8 Å². The summed E-state index contributed by atoms with van der Waals surface area (Å²) in [5.74, 6) is 1.52. The third-order valence-corrected chi connectivity index (χ3v) is 4.07. The van der Waals surface area contributed by atoms with Crippen molar-refractivity contribution in [3.8, 4) is 5.75 Å². The van der Waals surface area contributed by atoms with Gasteiger partial charge in [0, 0.05) is 25.4 Å². The molecule has 1 heterocycles. The van der Waals surface area contributed by atoms with Crippen molar-refractivity contribution in [3.63, 3.8) is 0 Å². The number of nitrogens with one attached hydrogen (secondary N) is 2. The lowest BCUT2D eigenvalue weighted by atomic mass is 10.0. The quantitative estimate of drug-likeness (QED) is 0.224. The molecule has 7 nitrogen and oxygen atoms in total. The maximum atomic E-state index is 10.6. The number of nitrogens with zero attached hydrogens (tertiary/aromatic N) is 3. The van der Waals surface area contributed by atoms with Gasteiger partial charge in [0.15, 0.2) is 5.96 Å². The average Bonchev–Trinajstić information content (AvgIpc) is 3.03. The van der Waals surface area contributed by atoms with Crippen LogP contribution < -0.4 is 15.4 Å². The van der Waals surface area contributed by atoms with E-state index in [-0.39, 0.29) is 30.5 Å². The minimum atomic E-state index is -1.08. The lowest BCUT2D eigenvalue weighted by Gasteiger charge is -2.20. The zero-order valence-corrected chi connectivity index (χ0v) is 19.7. The van der Waals surface area contributed by atoms with Gasteiger partial charge < -0.3 is 20.5 Å². The van der Waals surface area contributed by atoms with Gasteiger partial charge in [-0.15, -0.1) is 24.0 Å². The van der Waals surface area contributed by atoms with Crippen LogP contribution >= 0.6 is 24.0 Å². The van der Waals surface area contributed by atoms with Crippen molar-refractivity contribution >= 4 is 29.9 Å². The van der Waals surface area contributed by atoms with E-state index in [4.69, 9.17) is 4.74 Å². The van der Waals surface area contributed by atoms with Crippen molar-refractivity contribution in [1.29, 1.82) is 0 Å². The number of aliphatic imine (C=N–C) groups is 1. The number of aryl methyl sites for hydroxylation is 3. The molecular formula is C20H32IN5O2. The molecule has 0 saturated heterocycles. The summed E-state index contributed by atoms with van der Waals surface area (Å²) in [6, 6.07) is 6.17. The molecule has 0 fully saturated rings. The highest BCUT2D eigenvalue weighted by atomic mass is 127. The topological polar surface area (TPSA) is 83.7 Å². The highest BCUT2D eigenvalue weighted by molar-refractivity contribution is 14.0. The predicted octanol–water partition coefficient (Wildman–Crippen LogP) is 2.50. The highest BCUT2D eigenvalue weighted by Crippen LogP contribution is 2.20. The van der Waals surface area contributed by atoms with E-state index in [1.807, 2.05) is 26.1 Å². The average molecular weight is 501 g/mol. The molecule has 8 heteroatoms. The first-order chi connectivity index (χ1) is 12.8. The molecule has 0 amide bonds. The first-order valence-electron chi connectivity index (χ1n) is 9.25. The molecule has 1 aromatic heterocycles. The highest BCUT2D eigenvalue weighted by Gasteiger charge is 2.24. The Labute approximate surface area is 184 Å². The lowest BCUT2D eigenvalue weighted by Crippen LogP contribution is -2.40. The smallest absolute Gasteiger partial charge is 0.191 e. The van der Waals surface area contributed by atoms with Crippen molar-refractivity contribution < 1.29 is 9.84 Å². The zero-order valence-electron chi connectivity index (χ0n) is 17.3. The number of ether oxygens (including phenoxy) is 1. The van der Waals surface area contributed by atoms with Gasteiger partial charge in [-0.3, -0.25) is 4.68 Å². The van der Waals surface area contributed by atoms with E-state index < -0.39 is 5.60 Å². The maximum absolute atomic E-state index is 10.6. The standard InChI is InChI=1S/C20H31N5O2.HI/c1-6-21-19(23-14-20(4,26)17-12-24-25(5)13-17)22-7-8-27-18-10-15(2)9-16(3)11-18;/h9-13,26H,6-8,14H2,1-5H3,(H2,21,22,23);1H. The molecule has 156 valence electrons. The third-order valence-electron chi connectivity index (χ3n) is 4.07. The van der Waals surface area contributed by atoms with Gasteiger partial charge in [-0.1, -0.05) is 6.07 Å². The molecule has 2 aromatic rings. The minimum absolute atomic E-state index is 0. The van der Waals surface area contributed by atoms with Gasteiger partial charge in [-0.2, -0.15) is 5.10 Å². The fourth-order valence-corrected chi connectivity index (χ4v) is 2.72. The number of benzene rings is 1. The van der Waals surface area contributed by atoms with E-state index in [0.717, 1.165) is 17.9 Å². The largest absolute Gasteiger partial charge is 0.492 e. The Kier molecular flexibility index (Phi) is 9.74. The summed E-state index contributed by atoms with van der Waals surface area (Å²) in [7, 11) is 1.82. The van der Waals surface area contributed by atoms with E-state index in [9.17, 15) is 5.11 Å². The molecule has 1 unspecified atom stereocenters. The van der Waals surface area contributed by atoms with Crippen molar-refractivity contribution in [1.82, 2.24) is 20.4 Å². The number of hydrogen-bond acceptors (Lipinski definition) is 4. The summed E-state index contributed by atoms with van der Waals surface area (Å²) >= 11 is 0. The number of halogens is 1. The predicted molar refractivity (Wildman–Crippen MR) is 124 cm³/mol. The molecule has 0 saturated carbocycles. The van der Waals surface area contributed by atoms with Crippen LogP contribution in [-0.2, 0) is 12.6 Å². The molecule has 1 aromatic carbocycles. The molecular weight excluding hydrogens is 469 g/mol. The minimum Gasteiger partial charge on any atom is -0.492 e. The Balaban J connectivity index is 0.00000392. The zero-order chi connectivity index (χ0) is 19.9. The molecule has 0 bridgehead atoms. The molecule has 0 aliphatic rings. The maximum Gasteiger partial charge on any atom is 0.191 e. The van der Waals surface area contributed by atoms with E-state index in [0.29, 0.717) is 19.1 Å². The summed E-state index contributed by atoms with van der Waals surface area (Å²) in [6.07, 6.45) is 3.46. The van der Waals surface area contributed by atoms with Crippen LogP contribution in [0.2, 0.25) is 0 Å². The second-order valence-corrected chi connectivity index (χ2v) is 6.97. The molecule has 1 atom stereocenters. The van der Waals surface area contributed by atoms with Crippen LogP contribution in [0.25, 0.3) is 0 Å². The molecule has 0 aliphatic carbocycles. The molecule has 2 rings (SSSR count). The van der Waals surface area contributed by atoms with Gasteiger partial charge >= 0.3 is 0 Å². The summed E-state index contributed by atoms with van der Waals surface area (Å²) in [4.78, 5) is 4.50. The van der Waals surface area contributed by atoms with Crippen molar-refractivity contribution in [3.05, 3.63) is 47.3 Å². The fraction of sp³-hybridized carbons (Fsp3) is 0.500. The van der Waals surface area contributed by atoms with E-state index in [2.05, 4.69) is 40.6 Å². The Morgan fingerprint density at radius 2 is 1.93 bits per heavy atom. The van der Waals surface area contributed by atoms with E-state index in [1.165, 1.54) is 11.1 Å². The molecule has 0 spiro atoms. The van der Waals surface area contributed by atoms with Gasteiger partial charge in [-0.05, 0) is 51.0 Å². The van der Waals surface area contributed by atoms with Crippen molar-refractivity contribution in [2.24, 2.45) is 12.0 Å². The van der Waals surface area contributed by atoms with E-state index in [1.54, 1.807) is 24.0 Å². The number of aromatic nitrogens is 2. The van der Waals surface area contributed by atoms with Gasteiger partial charge in [0.25, 0.3) is 0 Å². The number of rotatable bonds is 8. The summed E-state index contributed by atoms with van der Waals surface area (Å²) < 4.78 is 7.48. The number of guanidine groups is 1. The summed E-state index contributed by atoms with van der Waals surface area (Å²) in [5, 5.41) is 21.2. The number of hydrogen-bond donors (Lipinski definition) is 3. The van der Waals surface area contributed by atoms with Crippen LogP contribution in [-0.4, -0.2) is 47.1 Å². The first kappa shape index (κ1) is 24.2. The Morgan fingerprint density at radius 3 is 2.50 bits per heavy atom. The SMILES string of the molecule is CCNC(=NCC(C)(O)c1cnn(C)c1)NCCOc1cc(C)cc(C)c1.I. The van der Waals surface area contributed by atoms with Crippen molar-refractivity contribution in [2.45, 2.75) is 33.3 Å². The monoisotopic (exact) mass is 501 g/mol. The van der Waals surface area contributed by atoms with Crippen LogP contribution in [0.4, 0.5) is 0 Å². The summed E-state index contributed by atoms with van der Waals surface area (Å²) in [6.45, 7) is 9.94. The second-order valence-electron chi connectivity index (χ2n) is 6.97. The third kappa shape index (κ3) is 7.67.